The maximum atomic E-state index is 10.8. The zero-order valence-electron chi connectivity index (χ0n) is 8.93. The van der Waals surface area contributed by atoms with Crippen molar-refractivity contribution < 1.29 is 9.90 Å². The molecular weight excluding hydrogens is 210 g/mol. The number of thiophene rings is 1. The summed E-state index contributed by atoms with van der Waals surface area (Å²) in [6.45, 7) is 5.47. The molecule has 1 fully saturated rings. The summed E-state index contributed by atoms with van der Waals surface area (Å²) < 4.78 is 0. The second-order valence-electron chi connectivity index (χ2n) is 4.32. The van der Waals surface area contributed by atoms with Crippen molar-refractivity contribution in [1.82, 2.24) is 0 Å². The molecule has 2 unspecified atom stereocenters. The molecule has 0 bridgehead atoms. The van der Waals surface area contributed by atoms with Crippen molar-refractivity contribution in [3.05, 3.63) is 16.3 Å². The van der Waals surface area contributed by atoms with Gasteiger partial charge in [0.15, 0.2) is 0 Å². The van der Waals surface area contributed by atoms with E-state index in [9.17, 15) is 4.79 Å². The summed E-state index contributed by atoms with van der Waals surface area (Å²) in [6, 6.07) is 2.30. The van der Waals surface area contributed by atoms with Gasteiger partial charge in [0.2, 0.25) is 0 Å². The smallest absolute Gasteiger partial charge is 0.345 e. The van der Waals surface area contributed by atoms with E-state index in [1.165, 1.54) is 17.8 Å². The minimum Gasteiger partial charge on any atom is -0.477 e. The normalized spacial score (nSPS) is 25.9. The summed E-state index contributed by atoms with van der Waals surface area (Å²) in [5, 5.41) is 10.8. The van der Waals surface area contributed by atoms with Crippen LogP contribution >= 0.6 is 11.3 Å². The molecule has 4 heteroatoms. The topological polar surface area (TPSA) is 40.5 Å². The summed E-state index contributed by atoms with van der Waals surface area (Å²) >= 11 is 1.31. The van der Waals surface area contributed by atoms with Crippen LogP contribution in [-0.2, 0) is 0 Å². The van der Waals surface area contributed by atoms with Crippen molar-refractivity contribution in [2.45, 2.75) is 26.3 Å². The lowest BCUT2D eigenvalue weighted by molar-refractivity contribution is 0.0702. The highest BCUT2D eigenvalue weighted by molar-refractivity contribution is 7.12. The largest absolute Gasteiger partial charge is 0.477 e. The Morgan fingerprint density at radius 1 is 1.60 bits per heavy atom. The molecule has 15 heavy (non-hydrogen) atoms. The third kappa shape index (κ3) is 2.00. The van der Waals surface area contributed by atoms with Gasteiger partial charge in [-0.05, 0) is 25.3 Å². The number of carbonyl (C=O) groups is 1. The van der Waals surface area contributed by atoms with Gasteiger partial charge < -0.3 is 10.0 Å². The van der Waals surface area contributed by atoms with Gasteiger partial charge in [0.1, 0.15) is 4.88 Å². The number of anilines is 1. The van der Waals surface area contributed by atoms with Gasteiger partial charge in [-0.3, -0.25) is 0 Å². The first-order valence-electron chi connectivity index (χ1n) is 5.16. The number of rotatable bonds is 2. The molecule has 0 spiro atoms. The molecule has 2 rings (SSSR count). The van der Waals surface area contributed by atoms with Crippen LogP contribution in [0.15, 0.2) is 11.4 Å². The molecular formula is C11H15NO2S. The van der Waals surface area contributed by atoms with Gasteiger partial charge in [-0.25, -0.2) is 4.79 Å². The Morgan fingerprint density at radius 3 is 2.80 bits per heavy atom. The SMILES string of the molecule is CC1CC(C)N(c2csc(C(=O)O)c2)C1. The fraction of sp³-hybridized carbons (Fsp3) is 0.545. The Kier molecular flexibility index (Phi) is 2.69. The third-order valence-corrected chi connectivity index (χ3v) is 3.82. The van der Waals surface area contributed by atoms with Crippen molar-refractivity contribution in [2.75, 3.05) is 11.4 Å². The van der Waals surface area contributed by atoms with Crippen LogP contribution in [-0.4, -0.2) is 23.7 Å². The van der Waals surface area contributed by atoms with Crippen molar-refractivity contribution in [3.8, 4) is 0 Å². The number of carboxylic acids is 1. The number of hydrogen-bond donors (Lipinski definition) is 1. The van der Waals surface area contributed by atoms with Crippen LogP contribution < -0.4 is 4.90 Å². The standard InChI is InChI=1S/C11H15NO2S/c1-7-3-8(2)12(5-7)9-4-10(11(13)14)15-6-9/h4,6-8H,3,5H2,1-2H3,(H,13,14). The van der Waals surface area contributed by atoms with Crippen molar-refractivity contribution in [2.24, 2.45) is 5.92 Å². The predicted octanol–water partition coefficient (Wildman–Crippen LogP) is 2.68. The van der Waals surface area contributed by atoms with Gasteiger partial charge in [0, 0.05) is 23.7 Å². The lowest BCUT2D eigenvalue weighted by Crippen LogP contribution is -2.26. The maximum absolute atomic E-state index is 10.8. The molecule has 0 aliphatic carbocycles. The van der Waals surface area contributed by atoms with Gasteiger partial charge in [0.25, 0.3) is 0 Å². The molecule has 2 heterocycles. The molecule has 1 aromatic rings. The summed E-state index contributed by atoms with van der Waals surface area (Å²) in [5.74, 6) is -0.126. The maximum Gasteiger partial charge on any atom is 0.345 e. The molecule has 82 valence electrons. The number of hydrogen-bond acceptors (Lipinski definition) is 3. The summed E-state index contributed by atoms with van der Waals surface area (Å²) in [6.07, 6.45) is 1.19. The molecule has 0 saturated carbocycles. The highest BCUT2D eigenvalue weighted by atomic mass is 32.1. The molecule has 1 aliphatic rings. The number of carboxylic acid groups (broad SMARTS) is 1. The molecule has 1 saturated heterocycles. The minimum atomic E-state index is -0.828. The van der Waals surface area contributed by atoms with E-state index in [0.717, 1.165) is 12.2 Å². The van der Waals surface area contributed by atoms with Crippen LogP contribution in [0.4, 0.5) is 5.69 Å². The average Bonchev–Trinajstić information content (AvgIpc) is 2.71. The molecule has 2 atom stereocenters. The zero-order chi connectivity index (χ0) is 11.0. The first-order chi connectivity index (χ1) is 7.08. The van der Waals surface area contributed by atoms with E-state index in [1.807, 2.05) is 5.38 Å². The molecule has 1 aromatic heterocycles. The summed E-state index contributed by atoms with van der Waals surface area (Å²) in [7, 11) is 0. The van der Waals surface area contributed by atoms with E-state index in [0.29, 0.717) is 16.8 Å². The Bertz CT molecular complexity index is 374. The molecule has 3 nitrogen and oxygen atoms in total. The lowest BCUT2D eigenvalue weighted by atomic mass is 10.1. The first kappa shape index (κ1) is 10.5. The Labute approximate surface area is 93.3 Å². The highest BCUT2D eigenvalue weighted by Crippen LogP contribution is 2.31. The monoisotopic (exact) mass is 225 g/mol. The molecule has 1 aliphatic heterocycles. The molecule has 0 amide bonds. The van der Waals surface area contributed by atoms with Crippen LogP contribution in [0.2, 0.25) is 0 Å². The third-order valence-electron chi connectivity index (χ3n) is 2.91. The quantitative estimate of drug-likeness (QED) is 0.841. The fourth-order valence-electron chi connectivity index (χ4n) is 2.25. The van der Waals surface area contributed by atoms with E-state index in [-0.39, 0.29) is 0 Å². The van der Waals surface area contributed by atoms with Crippen LogP contribution in [0.3, 0.4) is 0 Å². The van der Waals surface area contributed by atoms with Gasteiger partial charge >= 0.3 is 5.97 Å². The zero-order valence-corrected chi connectivity index (χ0v) is 9.75. The highest BCUT2D eigenvalue weighted by Gasteiger charge is 2.27. The van der Waals surface area contributed by atoms with Gasteiger partial charge in [-0.2, -0.15) is 0 Å². The van der Waals surface area contributed by atoms with Crippen molar-refractivity contribution >= 4 is 23.0 Å². The van der Waals surface area contributed by atoms with E-state index in [1.54, 1.807) is 6.07 Å². The number of nitrogens with zero attached hydrogens (tertiary/aromatic N) is 1. The van der Waals surface area contributed by atoms with E-state index < -0.39 is 5.97 Å². The second-order valence-corrected chi connectivity index (χ2v) is 5.23. The fourth-order valence-corrected chi connectivity index (χ4v) is 2.99. The van der Waals surface area contributed by atoms with E-state index in [2.05, 4.69) is 18.7 Å². The summed E-state index contributed by atoms with van der Waals surface area (Å²) in [4.78, 5) is 13.5. The molecule has 1 N–H and O–H groups in total. The minimum absolute atomic E-state index is 0.428. The van der Waals surface area contributed by atoms with E-state index >= 15 is 0 Å². The van der Waals surface area contributed by atoms with Crippen LogP contribution in [0.5, 0.6) is 0 Å². The Hall–Kier alpha value is -1.03. The van der Waals surface area contributed by atoms with Crippen LogP contribution in [0.1, 0.15) is 29.9 Å². The van der Waals surface area contributed by atoms with Gasteiger partial charge in [-0.15, -0.1) is 11.3 Å². The molecule has 0 aromatic carbocycles. The number of aromatic carboxylic acids is 1. The predicted molar refractivity (Wildman–Crippen MR) is 61.9 cm³/mol. The van der Waals surface area contributed by atoms with Crippen molar-refractivity contribution in [3.63, 3.8) is 0 Å². The van der Waals surface area contributed by atoms with Crippen LogP contribution in [0.25, 0.3) is 0 Å². The van der Waals surface area contributed by atoms with Crippen LogP contribution in [0, 0.1) is 5.92 Å². The first-order valence-corrected chi connectivity index (χ1v) is 6.04. The summed E-state index contributed by atoms with van der Waals surface area (Å²) in [5.41, 5.74) is 1.06. The molecule has 0 radical (unpaired) electrons. The second kappa shape index (κ2) is 3.85. The Balaban J connectivity index is 2.19. The Morgan fingerprint density at radius 2 is 2.33 bits per heavy atom. The lowest BCUT2D eigenvalue weighted by Gasteiger charge is -2.21. The van der Waals surface area contributed by atoms with Crippen molar-refractivity contribution in [1.29, 1.82) is 0 Å². The van der Waals surface area contributed by atoms with Gasteiger partial charge in [0.05, 0.1) is 0 Å². The van der Waals surface area contributed by atoms with E-state index in [4.69, 9.17) is 5.11 Å². The average molecular weight is 225 g/mol. The van der Waals surface area contributed by atoms with Gasteiger partial charge in [-0.1, -0.05) is 6.92 Å².